The van der Waals surface area contributed by atoms with E-state index >= 15 is 0 Å². The summed E-state index contributed by atoms with van der Waals surface area (Å²) in [4.78, 5) is 17.8. The number of aryl methyl sites for hydroxylation is 2. The first-order chi connectivity index (χ1) is 17.7. The van der Waals surface area contributed by atoms with Crippen molar-refractivity contribution in [2.24, 2.45) is 0 Å². The molecule has 0 saturated carbocycles. The van der Waals surface area contributed by atoms with Crippen LogP contribution in [0.1, 0.15) is 104 Å². The highest BCUT2D eigenvalue weighted by atomic mass is 16.3. The first kappa shape index (κ1) is 31.4. The third kappa shape index (κ3) is 7.38. The Bertz CT molecular complexity index is 882. The Hall–Kier alpha value is -1.85. The number of aliphatic hydroxyl groups is 1. The lowest BCUT2D eigenvalue weighted by Crippen LogP contribution is -2.45. The van der Waals surface area contributed by atoms with E-state index in [1.807, 2.05) is 0 Å². The molecule has 1 aromatic rings. The average molecular weight is 514 g/mol. The van der Waals surface area contributed by atoms with E-state index in [4.69, 9.17) is 0 Å². The van der Waals surface area contributed by atoms with Gasteiger partial charge in [-0.05, 0) is 87.7 Å². The van der Waals surface area contributed by atoms with Gasteiger partial charge < -0.3 is 20.2 Å². The number of nitrogens with zero attached hydrogens (tertiary/aromatic N) is 2. The predicted octanol–water partition coefficient (Wildman–Crippen LogP) is 5.97. The number of likely N-dealkylation sites (N-methyl/N-ethyl adjacent to an activating group) is 2. The van der Waals surface area contributed by atoms with Crippen molar-refractivity contribution < 1.29 is 9.90 Å². The van der Waals surface area contributed by atoms with Gasteiger partial charge in [-0.25, -0.2) is 0 Å². The molecule has 1 heterocycles. The van der Waals surface area contributed by atoms with Gasteiger partial charge in [0.25, 0.3) is 0 Å². The first-order valence-electron chi connectivity index (χ1n) is 15.0. The smallest absolute Gasteiger partial charge is 0.243 e. The fourth-order valence-corrected chi connectivity index (χ4v) is 6.08. The van der Waals surface area contributed by atoms with E-state index in [0.29, 0.717) is 6.54 Å². The van der Waals surface area contributed by atoms with E-state index in [1.165, 1.54) is 22.3 Å². The topological polar surface area (TPSA) is 55.8 Å². The molecule has 0 fully saturated rings. The lowest BCUT2D eigenvalue weighted by Gasteiger charge is -2.35. The Morgan fingerprint density at radius 3 is 2.22 bits per heavy atom. The zero-order chi connectivity index (χ0) is 27.6. The van der Waals surface area contributed by atoms with Crippen molar-refractivity contribution in [1.29, 1.82) is 0 Å². The van der Waals surface area contributed by atoms with Gasteiger partial charge in [-0.2, -0.15) is 0 Å². The van der Waals surface area contributed by atoms with E-state index in [2.05, 4.69) is 94.9 Å². The van der Waals surface area contributed by atoms with Crippen molar-refractivity contribution in [2.45, 2.75) is 117 Å². The summed E-state index contributed by atoms with van der Waals surface area (Å²) in [5.74, 6) is 0.146. The summed E-state index contributed by atoms with van der Waals surface area (Å²) in [6.45, 7) is 21.8. The van der Waals surface area contributed by atoms with Gasteiger partial charge in [-0.3, -0.25) is 4.79 Å². The molecule has 210 valence electrons. The van der Waals surface area contributed by atoms with Crippen LogP contribution in [0.4, 0.5) is 0 Å². The summed E-state index contributed by atoms with van der Waals surface area (Å²) >= 11 is 0. The minimum atomic E-state index is -0.569. The zero-order valence-corrected chi connectivity index (χ0v) is 25.1. The summed E-state index contributed by atoms with van der Waals surface area (Å²) in [6.07, 6.45) is 8.37. The summed E-state index contributed by atoms with van der Waals surface area (Å²) < 4.78 is 0. The number of hydrogen-bond donors (Lipinski definition) is 2. The van der Waals surface area contributed by atoms with Crippen molar-refractivity contribution in [3.63, 3.8) is 0 Å². The molecule has 1 amide bonds. The number of benzene rings is 1. The molecule has 1 atom stereocenters. The van der Waals surface area contributed by atoms with Crippen LogP contribution in [0.3, 0.4) is 0 Å². The molecule has 0 bridgehead atoms. The maximum absolute atomic E-state index is 13.2. The predicted molar refractivity (Wildman–Crippen MR) is 157 cm³/mol. The van der Waals surface area contributed by atoms with Crippen LogP contribution in [0.2, 0.25) is 0 Å². The molecule has 1 aliphatic heterocycles. The van der Waals surface area contributed by atoms with Gasteiger partial charge in [0.2, 0.25) is 5.91 Å². The van der Waals surface area contributed by atoms with Gasteiger partial charge in [-0.1, -0.05) is 59.7 Å². The standard InChI is InChI=1S/C32H55N3O2/c1-9-31(37,10-2)19-18-26-16-17-27(22-25(26)8)32(11-3,12-4)28-23-29(35(15-7)24-28)30(36)33-20-21-34(13-5)14-6/h16-17,22,24,29,37H,9-15,18-21,23H2,1-8H3,(H,33,36). The molecule has 37 heavy (non-hydrogen) atoms. The number of amides is 1. The van der Waals surface area contributed by atoms with Crippen molar-refractivity contribution in [3.8, 4) is 0 Å². The fourth-order valence-electron chi connectivity index (χ4n) is 6.08. The minimum Gasteiger partial charge on any atom is -0.390 e. The van der Waals surface area contributed by atoms with E-state index in [-0.39, 0.29) is 17.4 Å². The molecule has 2 N–H and O–H groups in total. The molecule has 1 aliphatic rings. The van der Waals surface area contributed by atoms with Crippen LogP contribution in [0, 0.1) is 6.92 Å². The molecule has 0 spiro atoms. The van der Waals surface area contributed by atoms with Crippen LogP contribution < -0.4 is 5.32 Å². The molecule has 1 unspecified atom stereocenters. The molecule has 0 aliphatic carbocycles. The molecule has 0 aromatic heterocycles. The third-order valence-electron chi connectivity index (χ3n) is 9.32. The lowest BCUT2D eigenvalue weighted by molar-refractivity contribution is -0.125. The molecule has 0 radical (unpaired) electrons. The van der Waals surface area contributed by atoms with Gasteiger partial charge in [0.15, 0.2) is 0 Å². The highest BCUT2D eigenvalue weighted by Crippen LogP contribution is 2.44. The third-order valence-corrected chi connectivity index (χ3v) is 9.32. The van der Waals surface area contributed by atoms with Gasteiger partial charge in [0.1, 0.15) is 6.04 Å². The number of nitrogens with one attached hydrogen (secondary N) is 1. The van der Waals surface area contributed by atoms with Gasteiger partial charge in [-0.15, -0.1) is 0 Å². The quantitative estimate of drug-likeness (QED) is 0.286. The van der Waals surface area contributed by atoms with E-state index in [9.17, 15) is 9.90 Å². The summed E-state index contributed by atoms with van der Waals surface area (Å²) in [5, 5.41) is 14.0. The second-order valence-corrected chi connectivity index (χ2v) is 10.9. The highest BCUT2D eigenvalue weighted by molar-refractivity contribution is 5.83. The number of hydrogen-bond acceptors (Lipinski definition) is 4. The summed E-state index contributed by atoms with van der Waals surface area (Å²) in [6, 6.07) is 6.82. The highest BCUT2D eigenvalue weighted by Gasteiger charge is 2.40. The maximum Gasteiger partial charge on any atom is 0.243 e. The largest absolute Gasteiger partial charge is 0.390 e. The summed E-state index contributed by atoms with van der Waals surface area (Å²) in [7, 11) is 0. The fraction of sp³-hybridized carbons (Fsp3) is 0.719. The van der Waals surface area contributed by atoms with Gasteiger partial charge in [0.05, 0.1) is 5.60 Å². The Balaban J connectivity index is 2.22. The van der Waals surface area contributed by atoms with Crippen LogP contribution in [-0.2, 0) is 16.6 Å². The van der Waals surface area contributed by atoms with Crippen molar-refractivity contribution in [3.05, 3.63) is 46.7 Å². The van der Waals surface area contributed by atoms with Gasteiger partial charge >= 0.3 is 0 Å². The monoisotopic (exact) mass is 513 g/mol. The van der Waals surface area contributed by atoms with Crippen LogP contribution in [0.5, 0.6) is 0 Å². The normalized spacial score (nSPS) is 16.4. The molecule has 0 saturated heterocycles. The number of rotatable bonds is 16. The van der Waals surface area contributed by atoms with Gasteiger partial charge in [0, 0.05) is 37.7 Å². The molecule has 5 heteroatoms. The minimum absolute atomic E-state index is 0.0689. The first-order valence-corrected chi connectivity index (χ1v) is 15.0. The maximum atomic E-state index is 13.2. The van der Waals surface area contributed by atoms with E-state index < -0.39 is 5.60 Å². The van der Waals surface area contributed by atoms with E-state index in [1.54, 1.807) is 0 Å². The second-order valence-electron chi connectivity index (χ2n) is 10.9. The molecular weight excluding hydrogens is 458 g/mol. The molecular formula is C32H55N3O2. The lowest BCUT2D eigenvalue weighted by atomic mass is 9.69. The Morgan fingerprint density at radius 2 is 1.70 bits per heavy atom. The van der Waals surface area contributed by atoms with Crippen LogP contribution >= 0.6 is 0 Å². The number of carbonyl (C=O) groups excluding carboxylic acids is 1. The van der Waals surface area contributed by atoms with E-state index in [0.717, 1.165) is 71.1 Å². The Labute approximate surface area is 227 Å². The molecule has 2 rings (SSSR count). The average Bonchev–Trinajstić information content (AvgIpc) is 3.36. The van der Waals surface area contributed by atoms with Crippen molar-refractivity contribution in [2.75, 3.05) is 32.7 Å². The van der Waals surface area contributed by atoms with Crippen molar-refractivity contribution in [1.82, 2.24) is 15.1 Å². The second kappa shape index (κ2) is 14.3. The molecule has 5 nitrogen and oxygen atoms in total. The zero-order valence-electron chi connectivity index (χ0n) is 25.1. The van der Waals surface area contributed by atoms with Crippen LogP contribution in [0.15, 0.2) is 30.0 Å². The Morgan fingerprint density at radius 1 is 1.05 bits per heavy atom. The van der Waals surface area contributed by atoms with Crippen molar-refractivity contribution >= 4 is 5.91 Å². The van der Waals surface area contributed by atoms with Crippen LogP contribution in [0.25, 0.3) is 0 Å². The van der Waals surface area contributed by atoms with Crippen LogP contribution in [-0.4, -0.2) is 65.2 Å². The summed E-state index contributed by atoms with van der Waals surface area (Å²) in [5.41, 5.74) is 4.72. The Kier molecular flexibility index (Phi) is 12.2. The molecule has 1 aromatic carbocycles. The SMILES string of the molecule is CCN(CC)CCNC(=O)C1CC(C(CC)(CC)c2ccc(CCC(O)(CC)CC)c(C)c2)=CN1CC. The number of carbonyl (C=O) groups is 1.